The molecule has 27 heavy (non-hydrogen) atoms. The standard InChI is InChI=1S/C19H28N6O2/c1-14(2)10-16(24-8-6-23(3)7-9-24)19-20-21-22-25(19)12-15-4-5-17-18(11-15)27-13-26-17/h4-5,11,14,16H,6-10,12-13H2,1-3H3/t16-/m1/s1. The molecular weight excluding hydrogens is 344 g/mol. The van der Waals surface area contributed by atoms with Gasteiger partial charge >= 0.3 is 0 Å². The van der Waals surface area contributed by atoms with Crippen LogP contribution in [0.1, 0.15) is 37.7 Å². The monoisotopic (exact) mass is 372 g/mol. The van der Waals surface area contributed by atoms with Gasteiger partial charge in [0.1, 0.15) is 0 Å². The van der Waals surface area contributed by atoms with Crippen LogP contribution in [0.4, 0.5) is 0 Å². The first-order chi connectivity index (χ1) is 13.1. The Labute approximate surface area is 160 Å². The number of tetrazole rings is 1. The molecule has 0 spiro atoms. The highest BCUT2D eigenvalue weighted by atomic mass is 16.7. The van der Waals surface area contributed by atoms with Gasteiger partial charge in [-0.25, -0.2) is 4.68 Å². The number of ether oxygens (including phenoxy) is 2. The van der Waals surface area contributed by atoms with Crippen molar-refractivity contribution in [3.05, 3.63) is 29.6 Å². The fourth-order valence-corrected chi connectivity index (χ4v) is 3.77. The minimum absolute atomic E-state index is 0.239. The lowest BCUT2D eigenvalue weighted by atomic mass is 10.0. The van der Waals surface area contributed by atoms with Crippen molar-refractivity contribution in [1.82, 2.24) is 30.0 Å². The van der Waals surface area contributed by atoms with E-state index < -0.39 is 0 Å². The van der Waals surface area contributed by atoms with Crippen LogP contribution in [0.15, 0.2) is 18.2 Å². The van der Waals surface area contributed by atoms with E-state index in [2.05, 4.69) is 46.2 Å². The highest BCUT2D eigenvalue weighted by Gasteiger charge is 2.29. The summed E-state index contributed by atoms with van der Waals surface area (Å²) < 4.78 is 12.8. The third kappa shape index (κ3) is 4.06. The molecule has 1 aromatic carbocycles. The van der Waals surface area contributed by atoms with Crippen LogP contribution < -0.4 is 9.47 Å². The number of likely N-dealkylation sites (N-methyl/N-ethyl adjacent to an activating group) is 1. The van der Waals surface area contributed by atoms with E-state index >= 15 is 0 Å². The molecule has 2 aromatic rings. The maximum Gasteiger partial charge on any atom is 0.231 e. The maximum atomic E-state index is 5.50. The van der Waals surface area contributed by atoms with Gasteiger partial charge in [-0.05, 0) is 47.5 Å². The van der Waals surface area contributed by atoms with E-state index in [1.54, 1.807) is 0 Å². The molecule has 4 rings (SSSR count). The smallest absolute Gasteiger partial charge is 0.231 e. The number of rotatable bonds is 6. The van der Waals surface area contributed by atoms with Crippen molar-refractivity contribution in [2.75, 3.05) is 40.0 Å². The van der Waals surface area contributed by atoms with Gasteiger partial charge in [0.05, 0.1) is 12.6 Å². The largest absolute Gasteiger partial charge is 0.454 e. The number of hydrogen-bond donors (Lipinski definition) is 0. The molecule has 0 radical (unpaired) electrons. The molecule has 0 amide bonds. The van der Waals surface area contributed by atoms with Crippen LogP contribution in [0.2, 0.25) is 0 Å². The van der Waals surface area contributed by atoms with E-state index in [1.807, 2.05) is 22.9 Å². The minimum Gasteiger partial charge on any atom is -0.454 e. The van der Waals surface area contributed by atoms with Gasteiger partial charge in [-0.1, -0.05) is 19.9 Å². The van der Waals surface area contributed by atoms with E-state index in [4.69, 9.17) is 9.47 Å². The van der Waals surface area contributed by atoms with Gasteiger partial charge < -0.3 is 14.4 Å². The van der Waals surface area contributed by atoms with Crippen molar-refractivity contribution < 1.29 is 9.47 Å². The molecule has 2 aliphatic rings. The van der Waals surface area contributed by atoms with Crippen LogP contribution >= 0.6 is 0 Å². The predicted molar refractivity (Wildman–Crippen MR) is 101 cm³/mol. The number of nitrogens with zero attached hydrogens (tertiary/aromatic N) is 6. The molecule has 0 saturated carbocycles. The first-order valence-corrected chi connectivity index (χ1v) is 9.67. The second-order valence-corrected chi connectivity index (χ2v) is 7.87. The molecule has 8 heteroatoms. The molecule has 1 atom stereocenters. The second-order valence-electron chi connectivity index (χ2n) is 7.87. The van der Waals surface area contributed by atoms with Crippen molar-refractivity contribution in [2.45, 2.75) is 32.9 Å². The zero-order valence-corrected chi connectivity index (χ0v) is 16.3. The predicted octanol–water partition coefficient (Wildman–Crippen LogP) is 1.78. The summed E-state index contributed by atoms with van der Waals surface area (Å²) >= 11 is 0. The van der Waals surface area contributed by atoms with Gasteiger partial charge in [0.15, 0.2) is 17.3 Å². The zero-order chi connectivity index (χ0) is 18.8. The summed E-state index contributed by atoms with van der Waals surface area (Å²) in [6.45, 7) is 9.69. The number of piperazine rings is 1. The van der Waals surface area contributed by atoms with Crippen molar-refractivity contribution in [2.24, 2.45) is 5.92 Å². The van der Waals surface area contributed by atoms with Gasteiger partial charge in [-0.2, -0.15) is 0 Å². The average Bonchev–Trinajstić information content (AvgIpc) is 3.29. The van der Waals surface area contributed by atoms with Gasteiger partial charge in [0.25, 0.3) is 0 Å². The van der Waals surface area contributed by atoms with Crippen molar-refractivity contribution >= 4 is 0 Å². The lowest BCUT2D eigenvalue weighted by Crippen LogP contribution is -2.46. The number of aromatic nitrogens is 4. The molecule has 1 aromatic heterocycles. The summed E-state index contributed by atoms with van der Waals surface area (Å²) in [7, 11) is 2.18. The normalized spacial score (nSPS) is 19.0. The molecule has 1 saturated heterocycles. The lowest BCUT2D eigenvalue weighted by molar-refractivity contribution is 0.0934. The number of hydrogen-bond acceptors (Lipinski definition) is 7. The number of fused-ring (bicyclic) bond motifs is 1. The van der Waals surface area contributed by atoms with Gasteiger partial charge in [0, 0.05) is 26.2 Å². The molecule has 0 aliphatic carbocycles. The summed E-state index contributed by atoms with van der Waals surface area (Å²) in [5.74, 6) is 3.11. The first kappa shape index (κ1) is 18.2. The van der Waals surface area contributed by atoms with Crippen molar-refractivity contribution in [1.29, 1.82) is 0 Å². The van der Waals surface area contributed by atoms with E-state index in [0.29, 0.717) is 12.5 Å². The summed E-state index contributed by atoms with van der Waals surface area (Å²) in [4.78, 5) is 4.90. The van der Waals surface area contributed by atoms with E-state index in [0.717, 1.165) is 55.5 Å². The molecule has 0 bridgehead atoms. The molecule has 3 heterocycles. The van der Waals surface area contributed by atoms with Crippen molar-refractivity contribution in [3.8, 4) is 11.5 Å². The SMILES string of the molecule is CC(C)C[C@H](c1nnnn1Cc1ccc2c(c1)OCO2)N1CCN(C)CC1. The van der Waals surface area contributed by atoms with E-state index in [1.165, 1.54) is 0 Å². The van der Waals surface area contributed by atoms with E-state index in [9.17, 15) is 0 Å². The fraction of sp³-hybridized carbons (Fsp3) is 0.632. The molecule has 8 nitrogen and oxygen atoms in total. The molecular formula is C19H28N6O2. The van der Waals surface area contributed by atoms with E-state index in [-0.39, 0.29) is 12.8 Å². The Morgan fingerprint density at radius 2 is 1.85 bits per heavy atom. The molecule has 1 fully saturated rings. The Bertz CT molecular complexity index is 769. The third-order valence-corrected chi connectivity index (χ3v) is 5.30. The first-order valence-electron chi connectivity index (χ1n) is 9.67. The minimum atomic E-state index is 0.239. The summed E-state index contributed by atoms with van der Waals surface area (Å²) in [5.41, 5.74) is 1.11. The Hall–Kier alpha value is -2.19. The topological polar surface area (TPSA) is 68.5 Å². The lowest BCUT2D eigenvalue weighted by Gasteiger charge is -2.38. The van der Waals surface area contributed by atoms with Gasteiger partial charge in [-0.15, -0.1) is 5.10 Å². The summed E-state index contributed by atoms with van der Waals surface area (Å²) in [5, 5.41) is 12.7. The van der Waals surface area contributed by atoms with Gasteiger partial charge in [0.2, 0.25) is 6.79 Å². The maximum absolute atomic E-state index is 5.50. The van der Waals surface area contributed by atoms with Crippen molar-refractivity contribution in [3.63, 3.8) is 0 Å². The Balaban J connectivity index is 1.56. The molecule has 146 valence electrons. The fourth-order valence-electron chi connectivity index (χ4n) is 3.77. The quantitative estimate of drug-likeness (QED) is 0.766. The Morgan fingerprint density at radius 1 is 1.07 bits per heavy atom. The third-order valence-electron chi connectivity index (χ3n) is 5.30. The van der Waals surface area contributed by atoms with Crippen LogP contribution in [-0.2, 0) is 6.54 Å². The molecule has 0 unspecified atom stereocenters. The van der Waals surface area contributed by atoms with Crippen LogP contribution in [0.3, 0.4) is 0 Å². The van der Waals surface area contributed by atoms with Gasteiger partial charge in [-0.3, -0.25) is 4.90 Å². The number of benzene rings is 1. The summed E-state index contributed by atoms with van der Waals surface area (Å²) in [6, 6.07) is 6.25. The second kappa shape index (κ2) is 7.82. The molecule has 0 N–H and O–H groups in total. The average molecular weight is 372 g/mol. The molecule has 2 aliphatic heterocycles. The zero-order valence-electron chi connectivity index (χ0n) is 16.3. The van der Waals surface area contributed by atoms with Crippen LogP contribution in [0, 0.1) is 5.92 Å². The Morgan fingerprint density at radius 3 is 2.63 bits per heavy atom. The van der Waals surface area contributed by atoms with Crippen LogP contribution in [-0.4, -0.2) is 70.0 Å². The summed E-state index contributed by atoms with van der Waals surface area (Å²) in [6.07, 6.45) is 1.05. The van der Waals surface area contributed by atoms with Crippen LogP contribution in [0.5, 0.6) is 11.5 Å². The highest BCUT2D eigenvalue weighted by Crippen LogP contribution is 2.33. The highest BCUT2D eigenvalue weighted by molar-refractivity contribution is 5.44. The Kier molecular flexibility index (Phi) is 5.27. The van der Waals surface area contributed by atoms with Crippen LogP contribution in [0.25, 0.3) is 0 Å².